The quantitative estimate of drug-likeness (QED) is 0.593. The maximum Gasteiger partial charge on any atom is 0.309 e. The first-order chi connectivity index (χ1) is 9.28. The van der Waals surface area contributed by atoms with E-state index >= 15 is 0 Å². The van der Waals surface area contributed by atoms with Crippen molar-refractivity contribution < 1.29 is 19.8 Å². The smallest absolute Gasteiger partial charge is 0.309 e. The van der Waals surface area contributed by atoms with Gasteiger partial charge in [0.1, 0.15) is 0 Å². The van der Waals surface area contributed by atoms with Crippen LogP contribution in [0.25, 0.3) is 0 Å². The molecule has 0 amide bonds. The summed E-state index contributed by atoms with van der Waals surface area (Å²) in [5, 5.41) is 19.0. The zero-order valence-corrected chi connectivity index (χ0v) is 13.4. The van der Waals surface area contributed by atoms with E-state index in [1.165, 1.54) is 0 Å². The van der Waals surface area contributed by atoms with Gasteiger partial charge in [-0.2, -0.15) is 0 Å². The van der Waals surface area contributed by atoms with Crippen LogP contribution in [-0.2, 0) is 9.59 Å². The number of hydrogen-bond donors (Lipinski definition) is 2. The summed E-state index contributed by atoms with van der Waals surface area (Å²) in [5.74, 6) is -1.59. The van der Waals surface area contributed by atoms with Gasteiger partial charge in [0.05, 0.1) is 10.8 Å². The maximum absolute atomic E-state index is 11.7. The van der Waals surface area contributed by atoms with Crippen molar-refractivity contribution in [1.29, 1.82) is 0 Å². The molecule has 0 aromatic rings. The summed E-state index contributed by atoms with van der Waals surface area (Å²) in [6, 6.07) is 0. The Hall–Kier alpha value is -1.06. The van der Waals surface area contributed by atoms with E-state index in [4.69, 9.17) is 0 Å². The normalized spacial score (nSPS) is 14.8. The molecule has 118 valence electrons. The van der Waals surface area contributed by atoms with Gasteiger partial charge in [0.25, 0.3) is 0 Å². The molecule has 4 heteroatoms. The summed E-state index contributed by atoms with van der Waals surface area (Å²) in [5.41, 5.74) is -1.56. The fraction of sp³-hybridized carbons (Fsp3) is 0.875. The molecule has 0 aromatic carbocycles. The molecule has 0 saturated carbocycles. The van der Waals surface area contributed by atoms with E-state index in [-0.39, 0.29) is 0 Å². The van der Waals surface area contributed by atoms with Gasteiger partial charge in [-0.1, -0.05) is 40.0 Å². The van der Waals surface area contributed by atoms with E-state index in [0.29, 0.717) is 32.1 Å². The van der Waals surface area contributed by atoms with Gasteiger partial charge in [0.2, 0.25) is 0 Å². The third-order valence-corrected chi connectivity index (χ3v) is 4.38. The van der Waals surface area contributed by atoms with Crippen molar-refractivity contribution in [2.24, 2.45) is 10.8 Å². The van der Waals surface area contributed by atoms with Crippen LogP contribution in [0.3, 0.4) is 0 Å². The monoisotopic (exact) mass is 286 g/mol. The minimum absolute atomic E-state index is 0.433. The van der Waals surface area contributed by atoms with Crippen molar-refractivity contribution in [2.75, 3.05) is 0 Å². The largest absolute Gasteiger partial charge is 0.481 e. The number of hydrogen-bond acceptors (Lipinski definition) is 2. The molecule has 0 heterocycles. The Labute approximate surface area is 122 Å². The third kappa shape index (κ3) is 4.80. The number of aliphatic carboxylic acids is 2. The van der Waals surface area contributed by atoms with Crippen molar-refractivity contribution in [3.8, 4) is 0 Å². The SMILES string of the molecule is CCCC(C)(CCC(CCC)(CCC)C(=O)O)C(=O)O. The van der Waals surface area contributed by atoms with Crippen LogP contribution >= 0.6 is 0 Å². The molecule has 0 rings (SSSR count). The standard InChI is InChI=1S/C16H30O4/c1-5-8-15(4,13(17)18)11-12-16(9-6-2,10-7-3)14(19)20/h5-12H2,1-4H3,(H,17,18)(H,19,20). The molecule has 20 heavy (non-hydrogen) atoms. The second-order valence-electron chi connectivity index (χ2n) is 6.20. The minimum Gasteiger partial charge on any atom is -0.481 e. The van der Waals surface area contributed by atoms with Gasteiger partial charge in [-0.25, -0.2) is 0 Å². The topological polar surface area (TPSA) is 74.6 Å². The molecule has 0 aromatic heterocycles. The molecule has 1 unspecified atom stereocenters. The summed E-state index contributed by atoms with van der Waals surface area (Å²) in [6.07, 6.45) is 5.14. The zero-order chi connectivity index (χ0) is 15.8. The predicted molar refractivity (Wildman–Crippen MR) is 79.8 cm³/mol. The van der Waals surface area contributed by atoms with Crippen LogP contribution in [0.15, 0.2) is 0 Å². The Kier molecular flexibility index (Phi) is 7.84. The Morgan fingerprint density at radius 2 is 1.20 bits per heavy atom. The van der Waals surface area contributed by atoms with Crippen LogP contribution in [0.5, 0.6) is 0 Å². The second-order valence-corrected chi connectivity index (χ2v) is 6.20. The van der Waals surface area contributed by atoms with E-state index in [0.717, 1.165) is 19.3 Å². The first-order valence-corrected chi connectivity index (χ1v) is 7.74. The van der Waals surface area contributed by atoms with Gasteiger partial charge in [0.15, 0.2) is 0 Å². The average Bonchev–Trinajstić information content (AvgIpc) is 2.36. The van der Waals surface area contributed by atoms with Gasteiger partial charge >= 0.3 is 11.9 Å². The average molecular weight is 286 g/mol. The molecule has 4 nitrogen and oxygen atoms in total. The van der Waals surface area contributed by atoms with E-state index in [1.54, 1.807) is 6.92 Å². The first kappa shape index (κ1) is 18.9. The molecule has 2 N–H and O–H groups in total. The maximum atomic E-state index is 11.7. The highest BCUT2D eigenvalue weighted by Gasteiger charge is 2.41. The lowest BCUT2D eigenvalue weighted by atomic mass is 9.70. The molecule has 0 aliphatic rings. The van der Waals surface area contributed by atoms with Crippen molar-refractivity contribution in [3.63, 3.8) is 0 Å². The van der Waals surface area contributed by atoms with Crippen LogP contribution < -0.4 is 0 Å². The number of carbonyl (C=O) groups is 2. The zero-order valence-electron chi connectivity index (χ0n) is 13.4. The third-order valence-electron chi connectivity index (χ3n) is 4.38. The van der Waals surface area contributed by atoms with Crippen LogP contribution in [-0.4, -0.2) is 22.2 Å². The highest BCUT2D eigenvalue weighted by molar-refractivity contribution is 5.76. The molecular formula is C16H30O4. The molecule has 0 aliphatic heterocycles. The lowest BCUT2D eigenvalue weighted by Crippen LogP contribution is -2.35. The van der Waals surface area contributed by atoms with Crippen molar-refractivity contribution in [3.05, 3.63) is 0 Å². The Morgan fingerprint density at radius 3 is 1.50 bits per heavy atom. The molecular weight excluding hydrogens is 256 g/mol. The lowest BCUT2D eigenvalue weighted by molar-refractivity contribution is -0.155. The molecule has 0 spiro atoms. The van der Waals surface area contributed by atoms with Gasteiger partial charge < -0.3 is 10.2 Å². The predicted octanol–water partition coefficient (Wildman–Crippen LogP) is 4.33. The summed E-state index contributed by atoms with van der Waals surface area (Å²) >= 11 is 0. The highest BCUT2D eigenvalue weighted by Crippen LogP contribution is 2.40. The molecule has 0 bridgehead atoms. The molecule has 0 fully saturated rings. The van der Waals surface area contributed by atoms with E-state index in [9.17, 15) is 19.8 Å². The highest BCUT2D eigenvalue weighted by atomic mass is 16.4. The first-order valence-electron chi connectivity index (χ1n) is 7.74. The number of carboxylic acid groups (broad SMARTS) is 2. The summed E-state index contributed by atoms with van der Waals surface area (Å²) in [4.78, 5) is 23.2. The van der Waals surface area contributed by atoms with Crippen LogP contribution in [0.1, 0.15) is 79.1 Å². The van der Waals surface area contributed by atoms with Gasteiger partial charge in [-0.3, -0.25) is 9.59 Å². The molecule has 0 radical (unpaired) electrons. The van der Waals surface area contributed by atoms with Crippen molar-refractivity contribution >= 4 is 11.9 Å². The number of rotatable bonds is 11. The fourth-order valence-electron chi connectivity index (χ4n) is 3.06. The summed E-state index contributed by atoms with van der Waals surface area (Å²) < 4.78 is 0. The lowest BCUT2D eigenvalue weighted by Gasteiger charge is -2.33. The van der Waals surface area contributed by atoms with Crippen molar-refractivity contribution in [1.82, 2.24) is 0 Å². The Balaban J connectivity index is 5.06. The van der Waals surface area contributed by atoms with Gasteiger partial charge in [-0.05, 0) is 39.0 Å². The second kappa shape index (κ2) is 8.28. The van der Waals surface area contributed by atoms with E-state index < -0.39 is 22.8 Å². The van der Waals surface area contributed by atoms with E-state index in [1.807, 2.05) is 20.8 Å². The molecule has 1 atom stereocenters. The summed E-state index contributed by atoms with van der Waals surface area (Å²) in [6.45, 7) is 7.67. The molecule has 0 saturated heterocycles. The minimum atomic E-state index is -0.813. The molecule has 0 aliphatic carbocycles. The van der Waals surface area contributed by atoms with Gasteiger partial charge in [0, 0.05) is 0 Å². The van der Waals surface area contributed by atoms with Crippen LogP contribution in [0.4, 0.5) is 0 Å². The Bertz CT molecular complexity index is 318. The van der Waals surface area contributed by atoms with Crippen LogP contribution in [0.2, 0.25) is 0 Å². The van der Waals surface area contributed by atoms with E-state index in [2.05, 4.69) is 0 Å². The van der Waals surface area contributed by atoms with Crippen molar-refractivity contribution in [2.45, 2.75) is 79.1 Å². The fourth-order valence-corrected chi connectivity index (χ4v) is 3.06. The summed E-state index contributed by atoms with van der Waals surface area (Å²) in [7, 11) is 0. The van der Waals surface area contributed by atoms with Crippen LogP contribution in [0, 0.1) is 10.8 Å². The van der Waals surface area contributed by atoms with Gasteiger partial charge in [-0.15, -0.1) is 0 Å². The number of carboxylic acids is 2. The Morgan fingerprint density at radius 1 is 0.750 bits per heavy atom.